The van der Waals surface area contributed by atoms with Gasteiger partial charge in [-0.25, -0.2) is 4.98 Å². The Morgan fingerprint density at radius 2 is 1.87 bits per heavy atom. The highest BCUT2D eigenvalue weighted by Crippen LogP contribution is 2.34. The molecular formula is C22H22F3N3O2. The number of hydrogen-bond donors (Lipinski definition) is 0. The van der Waals surface area contributed by atoms with Gasteiger partial charge in [0.05, 0.1) is 12.2 Å². The quantitative estimate of drug-likeness (QED) is 0.546. The first-order valence-corrected chi connectivity index (χ1v) is 9.49. The molecule has 0 saturated heterocycles. The van der Waals surface area contributed by atoms with E-state index >= 15 is 0 Å². The maximum atomic E-state index is 12.4. The van der Waals surface area contributed by atoms with E-state index in [1.54, 1.807) is 25.4 Å². The number of pyridine rings is 1. The van der Waals surface area contributed by atoms with Gasteiger partial charge in [0.25, 0.3) is 0 Å². The van der Waals surface area contributed by atoms with Crippen LogP contribution in [-0.4, -0.2) is 27.9 Å². The van der Waals surface area contributed by atoms with Crippen LogP contribution in [-0.2, 0) is 0 Å². The number of nitrogens with zero attached hydrogens (tertiary/aromatic N) is 3. The van der Waals surface area contributed by atoms with Gasteiger partial charge in [0, 0.05) is 18.6 Å². The van der Waals surface area contributed by atoms with E-state index in [0.717, 1.165) is 12.8 Å². The highest BCUT2D eigenvalue weighted by atomic mass is 19.4. The molecule has 8 heteroatoms. The molecular weight excluding hydrogens is 395 g/mol. The second-order valence-corrected chi connectivity index (χ2v) is 7.00. The van der Waals surface area contributed by atoms with Crippen LogP contribution in [0, 0.1) is 19.8 Å². The highest BCUT2D eigenvalue weighted by Gasteiger charge is 2.31. The molecule has 1 aliphatic carbocycles. The minimum absolute atomic E-state index is 0.288. The van der Waals surface area contributed by atoms with Crippen LogP contribution < -0.4 is 9.47 Å². The zero-order chi connectivity index (χ0) is 21.6. The molecule has 1 aliphatic rings. The zero-order valence-corrected chi connectivity index (χ0v) is 16.7. The predicted molar refractivity (Wildman–Crippen MR) is 106 cm³/mol. The fourth-order valence-electron chi connectivity index (χ4n) is 2.55. The summed E-state index contributed by atoms with van der Waals surface area (Å²) in [5, 5.41) is 0. The number of benzene rings is 1. The maximum Gasteiger partial charge on any atom is 0.573 e. The first-order chi connectivity index (χ1) is 14.3. The van der Waals surface area contributed by atoms with Crippen molar-refractivity contribution >= 4 is 0 Å². The summed E-state index contributed by atoms with van der Waals surface area (Å²) in [7, 11) is 0. The van der Waals surface area contributed by atoms with E-state index in [1.165, 1.54) is 23.8 Å². The first kappa shape index (κ1) is 21.5. The molecule has 0 atom stereocenters. The smallest absolute Gasteiger partial charge is 0.477 e. The lowest BCUT2D eigenvalue weighted by atomic mass is 10.1. The fourth-order valence-corrected chi connectivity index (χ4v) is 2.55. The molecule has 0 unspecified atom stereocenters. The first-order valence-electron chi connectivity index (χ1n) is 9.49. The van der Waals surface area contributed by atoms with Gasteiger partial charge in [0.1, 0.15) is 11.6 Å². The van der Waals surface area contributed by atoms with Crippen LogP contribution in [0.25, 0.3) is 11.1 Å². The largest absolute Gasteiger partial charge is 0.573 e. The van der Waals surface area contributed by atoms with Crippen LogP contribution in [0.2, 0.25) is 0 Å². The molecule has 0 N–H and O–H groups in total. The van der Waals surface area contributed by atoms with Crippen molar-refractivity contribution in [3.63, 3.8) is 0 Å². The van der Waals surface area contributed by atoms with E-state index in [0.29, 0.717) is 35.4 Å². The van der Waals surface area contributed by atoms with Crippen LogP contribution in [0.1, 0.15) is 24.2 Å². The van der Waals surface area contributed by atoms with Crippen LogP contribution >= 0.6 is 0 Å². The molecule has 2 aromatic heterocycles. The standard InChI is InChI=1S/C16H15F3N2O2.C6H7N/c1-10-20-8-14(15(21-10)22-9-11-5-6-11)12-3-2-4-13(7-12)23-16(17,18)19;1-6-3-2-4-7-5-6/h2-4,7-8,11H,5-6,9H2,1H3;2-5H,1H3. The second kappa shape index (κ2) is 9.56. The lowest BCUT2D eigenvalue weighted by molar-refractivity contribution is -0.274. The Bertz CT molecular complexity index is 961. The molecule has 1 saturated carbocycles. The van der Waals surface area contributed by atoms with Crippen LogP contribution in [0.15, 0.2) is 55.0 Å². The van der Waals surface area contributed by atoms with Crippen LogP contribution in [0.3, 0.4) is 0 Å². The summed E-state index contributed by atoms with van der Waals surface area (Å²) in [6.07, 6.45) is 2.70. The van der Waals surface area contributed by atoms with Gasteiger partial charge in [-0.3, -0.25) is 4.98 Å². The number of alkyl halides is 3. The predicted octanol–water partition coefficient (Wildman–Crippen LogP) is 5.53. The molecule has 0 spiro atoms. The number of aryl methyl sites for hydroxylation is 2. The fraction of sp³-hybridized carbons (Fsp3) is 0.318. The molecule has 30 heavy (non-hydrogen) atoms. The van der Waals surface area contributed by atoms with E-state index in [9.17, 15) is 13.2 Å². The van der Waals surface area contributed by atoms with Gasteiger partial charge in [0.15, 0.2) is 0 Å². The Kier molecular flexibility index (Phi) is 6.87. The van der Waals surface area contributed by atoms with E-state index in [4.69, 9.17) is 4.74 Å². The van der Waals surface area contributed by atoms with Crippen molar-refractivity contribution in [3.8, 4) is 22.8 Å². The van der Waals surface area contributed by atoms with E-state index in [-0.39, 0.29) is 5.75 Å². The monoisotopic (exact) mass is 417 g/mol. The van der Waals surface area contributed by atoms with Crippen molar-refractivity contribution < 1.29 is 22.6 Å². The zero-order valence-electron chi connectivity index (χ0n) is 16.7. The van der Waals surface area contributed by atoms with Gasteiger partial charge in [-0.2, -0.15) is 4.98 Å². The average Bonchev–Trinajstić information content (AvgIpc) is 3.51. The Morgan fingerprint density at radius 3 is 2.47 bits per heavy atom. The summed E-state index contributed by atoms with van der Waals surface area (Å²) in [5.41, 5.74) is 2.27. The van der Waals surface area contributed by atoms with Crippen LogP contribution in [0.5, 0.6) is 11.6 Å². The molecule has 1 aromatic carbocycles. The molecule has 0 bridgehead atoms. The molecule has 0 radical (unpaired) electrons. The van der Waals surface area contributed by atoms with E-state index in [2.05, 4.69) is 19.7 Å². The van der Waals surface area contributed by atoms with Gasteiger partial charge in [-0.15, -0.1) is 13.2 Å². The third-order valence-corrected chi connectivity index (χ3v) is 4.21. The molecule has 3 aromatic rings. The lowest BCUT2D eigenvalue weighted by Crippen LogP contribution is -2.17. The van der Waals surface area contributed by atoms with Gasteiger partial charge in [-0.05, 0) is 61.9 Å². The number of rotatable bonds is 5. The Morgan fingerprint density at radius 1 is 1.07 bits per heavy atom. The molecule has 4 rings (SSSR count). The third kappa shape index (κ3) is 7.02. The summed E-state index contributed by atoms with van der Waals surface area (Å²) < 4.78 is 46.7. The van der Waals surface area contributed by atoms with Crippen molar-refractivity contribution in [2.75, 3.05) is 6.61 Å². The van der Waals surface area contributed by atoms with Crippen molar-refractivity contribution in [1.29, 1.82) is 0 Å². The van der Waals surface area contributed by atoms with Crippen molar-refractivity contribution in [1.82, 2.24) is 15.0 Å². The number of ether oxygens (including phenoxy) is 2. The molecule has 0 aliphatic heterocycles. The summed E-state index contributed by atoms with van der Waals surface area (Å²) in [6.45, 7) is 4.31. The minimum Gasteiger partial charge on any atom is -0.477 e. The number of hydrogen-bond acceptors (Lipinski definition) is 5. The SMILES string of the molecule is Cc1cccnc1.Cc1ncc(-c2cccc(OC(F)(F)F)c2)c(OCC2CC2)n1. The highest BCUT2D eigenvalue weighted by molar-refractivity contribution is 5.69. The average molecular weight is 417 g/mol. The van der Waals surface area contributed by atoms with Gasteiger partial charge in [-0.1, -0.05) is 18.2 Å². The van der Waals surface area contributed by atoms with Crippen molar-refractivity contribution in [3.05, 3.63) is 66.4 Å². The van der Waals surface area contributed by atoms with E-state index < -0.39 is 6.36 Å². The van der Waals surface area contributed by atoms with Crippen molar-refractivity contribution in [2.24, 2.45) is 5.92 Å². The Labute approximate surface area is 172 Å². The number of halogens is 3. The van der Waals surface area contributed by atoms with Gasteiger partial charge < -0.3 is 9.47 Å². The third-order valence-electron chi connectivity index (χ3n) is 4.21. The minimum atomic E-state index is -4.73. The topological polar surface area (TPSA) is 57.1 Å². The lowest BCUT2D eigenvalue weighted by Gasteiger charge is -2.13. The number of aromatic nitrogens is 3. The molecule has 0 amide bonds. The molecule has 158 valence electrons. The molecule has 2 heterocycles. The summed E-state index contributed by atoms with van der Waals surface area (Å²) in [6, 6.07) is 9.65. The van der Waals surface area contributed by atoms with Crippen LogP contribution in [0.4, 0.5) is 13.2 Å². The van der Waals surface area contributed by atoms with Gasteiger partial charge >= 0.3 is 6.36 Å². The summed E-state index contributed by atoms with van der Waals surface area (Å²) in [4.78, 5) is 12.3. The Balaban J connectivity index is 0.000000310. The Hall–Kier alpha value is -3.16. The summed E-state index contributed by atoms with van der Waals surface area (Å²) >= 11 is 0. The maximum absolute atomic E-state index is 12.4. The van der Waals surface area contributed by atoms with Gasteiger partial charge in [0.2, 0.25) is 5.88 Å². The van der Waals surface area contributed by atoms with E-state index in [1.807, 2.05) is 25.3 Å². The normalized spacial score (nSPS) is 13.2. The second-order valence-electron chi connectivity index (χ2n) is 7.00. The summed E-state index contributed by atoms with van der Waals surface area (Å²) in [5.74, 6) is 1.18. The molecule has 5 nitrogen and oxygen atoms in total. The van der Waals surface area contributed by atoms with Crippen molar-refractivity contribution in [2.45, 2.75) is 33.1 Å². The molecule has 1 fully saturated rings.